The zero-order valence-electron chi connectivity index (χ0n) is 11.1. The summed E-state index contributed by atoms with van der Waals surface area (Å²) in [4.78, 5) is 12.2. The molecule has 1 N–H and O–H groups in total. The minimum atomic E-state index is -0.755. The number of carbonyl (C=O) groups excluding carboxylic acids is 1. The molecule has 0 radical (unpaired) electrons. The molecule has 0 aromatic carbocycles. The van der Waals surface area contributed by atoms with Gasteiger partial charge in [0.25, 0.3) is 0 Å². The second-order valence-electron chi connectivity index (χ2n) is 5.47. The summed E-state index contributed by atoms with van der Waals surface area (Å²) < 4.78 is 5.47. The van der Waals surface area contributed by atoms with Crippen molar-refractivity contribution in [3.05, 3.63) is 0 Å². The first-order valence-corrected chi connectivity index (χ1v) is 7.04. The first kappa shape index (κ1) is 13.4. The van der Waals surface area contributed by atoms with Crippen LogP contribution in [0.3, 0.4) is 0 Å². The first-order chi connectivity index (χ1) is 8.70. The van der Waals surface area contributed by atoms with Gasteiger partial charge in [-0.25, -0.2) is 0 Å². The molecule has 100 valence electrons. The summed E-state index contributed by atoms with van der Waals surface area (Å²) in [7, 11) is 0. The van der Waals surface area contributed by atoms with Crippen molar-refractivity contribution in [1.82, 2.24) is 5.32 Å². The molecular formula is C14H22N2O2. The lowest BCUT2D eigenvalue weighted by Crippen LogP contribution is -2.52. The molecule has 0 saturated heterocycles. The fraction of sp³-hybridized carbons (Fsp3) is 0.857. The third-order valence-electron chi connectivity index (χ3n) is 4.19. The van der Waals surface area contributed by atoms with E-state index in [0.717, 1.165) is 51.6 Å². The lowest BCUT2D eigenvalue weighted by Gasteiger charge is -2.38. The van der Waals surface area contributed by atoms with E-state index in [9.17, 15) is 10.1 Å². The molecule has 0 spiro atoms. The number of rotatable bonds is 4. The third kappa shape index (κ3) is 2.67. The van der Waals surface area contributed by atoms with Crippen molar-refractivity contribution in [3.8, 4) is 6.07 Å². The predicted octanol–water partition coefficient (Wildman–Crippen LogP) is 2.14. The van der Waals surface area contributed by atoms with Crippen LogP contribution in [0.25, 0.3) is 0 Å². The van der Waals surface area contributed by atoms with E-state index in [4.69, 9.17) is 4.74 Å². The molecular weight excluding hydrogens is 228 g/mol. The van der Waals surface area contributed by atoms with E-state index >= 15 is 0 Å². The highest BCUT2D eigenvalue weighted by atomic mass is 16.5. The summed E-state index contributed by atoms with van der Waals surface area (Å²) in [6.45, 7) is 2.71. The molecule has 0 heterocycles. The Balaban J connectivity index is 1.82. The van der Waals surface area contributed by atoms with Gasteiger partial charge in [-0.3, -0.25) is 4.79 Å². The fourth-order valence-electron chi connectivity index (χ4n) is 2.92. The molecule has 2 saturated carbocycles. The first-order valence-electron chi connectivity index (χ1n) is 7.04. The van der Waals surface area contributed by atoms with Crippen molar-refractivity contribution in [1.29, 1.82) is 5.26 Å². The van der Waals surface area contributed by atoms with Crippen LogP contribution in [0.1, 0.15) is 51.9 Å². The van der Waals surface area contributed by atoms with Crippen molar-refractivity contribution >= 4 is 5.91 Å². The molecule has 0 unspecified atom stereocenters. The van der Waals surface area contributed by atoms with Gasteiger partial charge in [-0.2, -0.15) is 5.26 Å². The van der Waals surface area contributed by atoms with Crippen molar-refractivity contribution in [2.24, 2.45) is 5.41 Å². The summed E-state index contributed by atoms with van der Waals surface area (Å²) in [5.74, 6) is -0.0513. The molecule has 4 nitrogen and oxygen atoms in total. The van der Waals surface area contributed by atoms with Gasteiger partial charge in [-0.15, -0.1) is 0 Å². The fourth-order valence-corrected chi connectivity index (χ4v) is 2.92. The van der Waals surface area contributed by atoms with E-state index in [1.807, 2.05) is 6.92 Å². The summed E-state index contributed by atoms with van der Waals surface area (Å²) in [6, 6.07) is 2.47. The Kier molecular flexibility index (Phi) is 4.23. The Morgan fingerprint density at radius 3 is 2.61 bits per heavy atom. The highest BCUT2D eigenvalue weighted by molar-refractivity contribution is 5.85. The van der Waals surface area contributed by atoms with Crippen LogP contribution in [0.2, 0.25) is 0 Å². The Labute approximate surface area is 109 Å². The van der Waals surface area contributed by atoms with Gasteiger partial charge in [0.05, 0.1) is 12.2 Å². The largest absolute Gasteiger partial charge is 0.378 e. The normalized spacial score (nSPS) is 30.0. The second kappa shape index (κ2) is 5.71. The number of nitriles is 1. The van der Waals surface area contributed by atoms with Gasteiger partial charge in [-0.05, 0) is 32.6 Å². The maximum Gasteiger partial charge on any atom is 0.240 e. The van der Waals surface area contributed by atoms with Crippen LogP contribution in [0.4, 0.5) is 0 Å². The van der Waals surface area contributed by atoms with Crippen LogP contribution in [-0.4, -0.2) is 24.7 Å². The van der Waals surface area contributed by atoms with Gasteiger partial charge in [0.2, 0.25) is 5.91 Å². The van der Waals surface area contributed by atoms with Gasteiger partial charge >= 0.3 is 0 Å². The van der Waals surface area contributed by atoms with Gasteiger partial charge in [0, 0.05) is 12.6 Å². The SMILES string of the molecule is CCOC1CC(NC(=O)C2(C#N)CCCCC2)C1. The zero-order valence-corrected chi connectivity index (χ0v) is 11.1. The molecule has 0 aromatic rings. The van der Waals surface area contributed by atoms with E-state index in [1.165, 1.54) is 0 Å². The van der Waals surface area contributed by atoms with E-state index in [1.54, 1.807) is 0 Å². The van der Waals surface area contributed by atoms with Crippen molar-refractivity contribution < 1.29 is 9.53 Å². The van der Waals surface area contributed by atoms with Gasteiger partial charge in [-0.1, -0.05) is 19.3 Å². The van der Waals surface area contributed by atoms with Crippen molar-refractivity contribution in [3.63, 3.8) is 0 Å². The summed E-state index contributed by atoms with van der Waals surface area (Å²) in [6.07, 6.45) is 6.65. The van der Waals surface area contributed by atoms with Crippen LogP contribution in [-0.2, 0) is 9.53 Å². The minimum absolute atomic E-state index is 0.0513. The van der Waals surface area contributed by atoms with E-state index < -0.39 is 5.41 Å². The Hall–Kier alpha value is -1.08. The predicted molar refractivity (Wildman–Crippen MR) is 67.7 cm³/mol. The standard InChI is InChI=1S/C14H22N2O2/c1-2-18-12-8-11(9-12)16-13(17)14(10-15)6-4-3-5-7-14/h11-12H,2-9H2,1H3,(H,16,17). The number of hydrogen-bond acceptors (Lipinski definition) is 3. The molecule has 0 bridgehead atoms. The molecule has 4 heteroatoms. The van der Waals surface area contributed by atoms with Gasteiger partial charge in [0.1, 0.15) is 5.41 Å². The topological polar surface area (TPSA) is 62.1 Å². The smallest absolute Gasteiger partial charge is 0.240 e. The Morgan fingerprint density at radius 1 is 1.39 bits per heavy atom. The number of ether oxygens (including phenoxy) is 1. The number of carbonyl (C=O) groups is 1. The zero-order chi connectivity index (χ0) is 13.0. The molecule has 0 atom stereocenters. The molecule has 2 fully saturated rings. The highest BCUT2D eigenvalue weighted by Gasteiger charge is 2.42. The van der Waals surface area contributed by atoms with Crippen LogP contribution in [0.5, 0.6) is 0 Å². The monoisotopic (exact) mass is 250 g/mol. The Bertz CT molecular complexity index is 336. The molecule has 18 heavy (non-hydrogen) atoms. The van der Waals surface area contributed by atoms with E-state index in [-0.39, 0.29) is 11.9 Å². The number of nitrogens with zero attached hydrogens (tertiary/aromatic N) is 1. The molecule has 1 amide bonds. The number of nitrogens with one attached hydrogen (secondary N) is 1. The van der Waals surface area contributed by atoms with Crippen LogP contribution in [0, 0.1) is 16.7 Å². The summed E-state index contributed by atoms with van der Waals surface area (Å²) >= 11 is 0. The Morgan fingerprint density at radius 2 is 2.06 bits per heavy atom. The molecule has 0 aromatic heterocycles. The van der Waals surface area contributed by atoms with E-state index in [0.29, 0.717) is 6.10 Å². The van der Waals surface area contributed by atoms with Crippen LogP contribution in [0.15, 0.2) is 0 Å². The third-order valence-corrected chi connectivity index (χ3v) is 4.19. The van der Waals surface area contributed by atoms with Crippen LogP contribution < -0.4 is 5.32 Å². The second-order valence-corrected chi connectivity index (χ2v) is 5.47. The number of hydrogen-bond donors (Lipinski definition) is 1. The minimum Gasteiger partial charge on any atom is -0.378 e. The van der Waals surface area contributed by atoms with Gasteiger partial charge in [0.15, 0.2) is 0 Å². The maximum atomic E-state index is 12.2. The lowest BCUT2D eigenvalue weighted by molar-refractivity contribution is -0.132. The molecule has 2 aliphatic carbocycles. The van der Waals surface area contributed by atoms with E-state index in [2.05, 4.69) is 11.4 Å². The highest BCUT2D eigenvalue weighted by Crippen LogP contribution is 2.36. The summed E-state index contributed by atoms with van der Waals surface area (Å²) in [5, 5.41) is 12.3. The summed E-state index contributed by atoms with van der Waals surface area (Å²) in [5.41, 5.74) is -0.755. The molecule has 0 aliphatic heterocycles. The number of amides is 1. The lowest BCUT2D eigenvalue weighted by atomic mass is 9.74. The maximum absolute atomic E-state index is 12.2. The van der Waals surface area contributed by atoms with Crippen LogP contribution >= 0.6 is 0 Å². The average Bonchev–Trinajstić information content (AvgIpc) is 2.37. The van der Waals surface area contributed by atoms with Crippen molar-refractivity contribution in [2.45, 2.75) is 64.0 Å². The van der Waals surface area contributed by atoms with Crippen molar-refractivity contribution in [2.75, 3.05) is 6.61 Å². The average molecular weight is 250 g/mol. The molecule has 2 aliphatic rings. The van der Waals surface area contributed by atoms with Gasteiger partial charge < -0.3 is 10.1 Å². The quantitative estimate of drug-likeness (QED) is 0.831. The molecule has 2 rings (SSSR count).